The third kappa shape index (κ3) is 4.31. The first-order chi connectivity index (χ1) is 18.1. The van der Waals surface area contributed by atoms with E-state index in [2.05, 4.69) is 25.4 Å². The number of anilines is 1. The maximum atomic E-state index is 15.2. The van der Waals surface area contributed by atoms with Crippen LogP contribution < -0.4 is 9.64 Å². The van der Waals surface area contributed by atoms with Gasteiger partial charge < -0.3 is 9.64 Å². The molecule has 0 radical (unpaired) electrons. The molecular weight excluding hydrogens is 552 g/mol. The van der Waals surface area contributed by atoms with E-state index < -0.39 is 22.9 Å². The van der Waals surface area contributed by atoms with Crippen LogP contribution in [0.4, 0.5) is 10.2 Å². The molecule has 2 aliphatic heterocycles. The molecule has 38 heavy (non-hydrogen) atoms. The van der Waals surface area contributed by atoms with Crippen LogP contribution in [0, 0.1) is 18.2 Å². The molecular formula is C25H24Cl2FN7O2S. The number of pyridine rings is 1. The highest BCUT2D eigenvalue weighted by Crippen LogP contribution is 2.43. The van der Waals surface area contributed by atoms with Gasteiger partial charge in [-0.15, -0.1) is 5.10 Å². The number of nitrogens with one attached hydrogen (secondary N) is 1. The van der Waals surface area contributed by atoms with E-state index in [1.165, 1.54) is 12.3 Å². The van der Waals surface area contributed by atoms with Gasteiger partial charge >= 0.3 is 0 Å². The monoisotopic (exact) mass is 575 g/mol. The molecule has 3 aromatic heterocycles. The minimum absolute atomic E-state index is 0.0863. The predicted octanol–water partition coefficient (Wildman–Crippen LogP) is 4.72. The number of aromatic nitrogens is 5. The van der Waals surface area contributed by atoms with Crippen molar-refractivity contribution in [2.24, 2.45) is 5.41 Å². The summed E-state index contributed by atoms with van der Waals surface area (Å²) in [5, 5.41) is 16.4. The van der Waals surface area contributed by atoms with Crippen molar-refractivity contribution in [2.75, 3.05) is 37.3 Å². The Morgan fingerprint density at radius 3 is 2.63 bits per heavy atom. The molecule has 2 aliphatic rings. The Hall–Kier alpha value is -2.86. The van der Waals surface area contributed by atoms with Crippen LogP contribution in [-0.4, -0.2) is 66.3 Å². The largest absolute Gasteiger partial charge is 0.486 e. The molecule has 4 aromatic rings. The molecule has 6 rings (SSSR count). The molecule has 1 N–H and O–H groups in total. The highest BCUT2D eigenvalue weighted by Gasteiger charge is 2.53. The van der Waals surface area contributed by atoms with Crippen LogP contribution in [0.1, 0.15) is 24.2 Å². The van der Waals surface area contributed by atoms with Gasteiger partial charge in [0, 0.05) is 55.0 Å². The third-order valence-corrected chi connectivity index (χ3v) is 8.77. The Morgan fingerprint density at radius 1 is 1.18 bits per heavy atom. The Bertz CT molecular complexity index is 1570. The van der Waals surface area contributed by atoms with Gasteiger partial charge in [0.25, 0.3) is 0 Å². The van der Waals surface area contributed by atoms with Crippen LogP contribution in [0.3, 0.4) is 0 Å². The SMILES string of the molecule is Cc1cc2[nH]nc(-c3cnc(N4CC5(C4)CN(S(C)=O)C5)c(F)c3)c2cc1O[C@@H](C)c1c(Cl)cnnc1Cl. The topological polar surface area (TPSA) is 100 Å². The molecule has 198 valence electrons. The van der Waals surface area contributed by atoms with E-state index in [1.54, 1.807) is 12.5 Å². The summed E-state index contributed by atoms with van der Waals surface area (Å²) < 4.78 is 35.0. The number of benzene rings is 1. The van der Waals surface area contributed by atoms with E-state index in [-0.39, 0.29) is 10.6 Å². The number of ether oxygens (including phenoxy) is 1. The average molecular weight is 576 g/mol. The van der Waals surface area contributed by atoms with E-state index in [0.29, 0.717) is 46.5 Å². The first kappa shape index (κ1) is 25.4. The average Bonchev–Trinajstić information content (AvgIpc) is 3.20. The van der Waals surface area contributed by atoms with E-state index in [4.69, 9.17) is 27.9 Å². The summed E-state index contributed by atoms with van der Waals surface area (Å²) >= 11 is 12.5. The van der Waals surface area contributed by atoms with Crippen LogP contribution in [0.5, 0.6) is 5.75 Å². The third-order valence-electron chi connectivity index (χ3n) is 7.20. The smallest absolute Gasteiger partial charge is 0.166 e. The predicted molar refractivity (Wildman–Crippen MR) is 145 cm³/mol. The van der Waals surface area contributed by atoms with Gasteiger partial charge in [0.05, 0.1) is 33.3 Å². The van der Waals surface area contributed by atoms with Gasteiger partial charge in [-0.2, -0.15) is 10.2 Å². The maximum Gasteiger partial charge on any atom is 0.166 e. The summed E-state index contributed by atoms with van der Waals surface area (Å²) in [5.74, 6) is 0.522. The Labute approximate surface area is 230 Å². The van der Waals surface area contributed by atoms with E-state index in [0.717, 1.165) is 29.6 Å². The molecule has 1 unspecified atom stereocenters. The molecule has 9 nitrogen and oxygen atoms in total. The lowest BCUT2D eigenvalue weighted by Crippen LogP contribution is -2.72. The Kier molecular flexibility index (Phi) is 6.29. The Balaban J connectivity index is 1.24. The normalized spacial score (nSPS) is 18.3. The molecule has 0 bridgehead atoms. The number of aryl methyl sites for hydroxylation is 1. The first-order valence-electron chi connectivity index (χ1n) is 12.0. The zero-order valence-electron chi connectivity index (χ0n) is 20.8. The standard InChI is InChI=1S/C25H24Cl2FN7O2S/c1-13-4-19-16(6-20(13)37-14(2)21-17(26)8-30-33-23(21)27)22(32-31-19)15-5-18(28)24(29-7-15)34-9-25(10-34)11-35(12-25)38(3)36/h4-8,14H,9-12H2,1-3H3,(H,31,32)/t14-,38?/m0/s1. The second-order valence-electron chi connectivity index (χ2n) is 10.00. The molecule has 2 fully saturated rings. The van der Waals surface area contributed by atoms with Gasteiger partial charge in [-0.25, -0.2) is 17.9 Å². The number of hydrogen-bond donors (Lipinski definition) is 1. The number of rotatable bonds is 6. The molecule has 13 heteroatoms. The molecule has 1 spiro atoms. The molecule has 1 aromatic carbocycles. The summed E-state index contributed by atoms with van der Waals surface area (Å²) in [6, 6.07) is 5.24. The second-order valence-corrected chi connectivity index (χ2v) is 12.1. The maximum absolute atomic E-state index is 15.2. The van der Waals surface area contributed by atoms with Gasteiger partial charge in [0.2, 0.25) is 0 Å². The lowest BCUT2D eigenvalue weighted by molar-refractivity contribution is 0.0429. The van der Waals surface area contributed by atoms with Crippen molar-refractivity contribution in [3.63, 3.8) is 0 Å². The van der Waals surface area contributed by atoms with Gasteiger partial charge in [-0.05, 0) is 37.6 Å². The number of H-pyrrole nitrogens is 1. The summed E-state index contributed by atoms with van der Waals surface area (Å²) in [5.41, 5.74) is 3.41. The zero-order chi connectivity index (χ0) is 26.8. The lowest BCUT2D eigenvalue weighted by Gasteiger charge is -2.59. The van der Waals surface area contributed by atoms with Crippen LogP contribution in [-0.2, 0) is 11.0 Å². The lowest BCUT2D eigenvalue weighted by atomic mass is 9.74. The number of hydrogen-bond acceptors (Lipinski definition) is 7. The van der Waals surface area contributed by atoms with E-state index in [1.807, 2.05) is 35.2 Å². The van der Waals surface area contributed by atoms with Crippen LogP contribution in [0.15, 0.2) is 30.6 Å². The van der Waals surface area contributed by atoms with Crippen molar-refractivity contribution in [1.82, 2.24) is 29.7 Å². The zero-order valence-corrected chi connectivity index (χ0v) is 23.2. The first-order valence-corrected chi connectivity index (χ1v) is 14.2. The fraction of sp³-hybridized carbons (Fsp3) is 0.360. The summed E-state index contributed by atoms with van der Waals surface area (Å²) in [7, 11) is -0.960. The van der Waals surface area contributed by atoms with Crippen molar-refractivity contribution in [3.05, 3.63) is 57.7 Å². The molecule has 2 saturated heterocycles. The van der Waals surface area contributed by atoms with Crippen molar-refractivity contribution in [2.45, 2.75) is 20.0 Å². The fourth-order valence-corrected chi connectivity index (χ4v) is 6.80. The quantitative estimate of drug-likeness (QED) is 0.355. The Morgan fingerprint density at radius 2 is 1.95 bits per heavy atom. The highest BCUT2D eigenvalue weighted by molar-refractivity contribution is 7.81. The van der Waals surface area contributed by atoms with Crippen LogP contribution in [0.25, 0.3) is 22.2 Å². The minimum Gasteiger partial charge on any atom is -0.486 e. The fourth-order valence-electron chi connectivity index (χ4n) is 5.25. The van der Waals surface area contributed by atoms with Crippen molar-refractivity contribution < 1.29 is 13.3 Å². The van der Waals surface area contributed by atoms with Crippen LogP contribution in [0.2, 0.25) is 10.2 Å². The number of nitrogens with zero attached hydrogens (tertiary/aromatic N) is 6. The summed E-state index contributed by atoms with van der Waals surface area (Å²) in [4.78, 5) is 6.37. The minimum atomic E-state index is -0.960. The summed E-state index contributed by atoms with van der Waals surface area (Å²) in [6.07, 6.45) is 4.25. The van der Waals surface area contributed by atoms with Gasteiger partial charge in [-0.1, -0.05) is 23.2 Å². The molecule has 0 aliphatic carbocycles. The summed E-state index contributed by atoms with van der Waals surface area (Å²) in [6.45, 7) is 6.69. The van der Waals surface area contributed by atoms with E-state index >= 15 is 4.39 Å². The molecule has 5 heterocycles. The second kappa shape index (κ2) is 9.41. The molecule has 0 saturated carbocycles. The highest BCUT2D eigenvalue weighted by atomic mass is 35.5. The van der Waals surface area contributed by atoms with Crippen molar-refractivity contribution in [3.8, 4) is 17.0 Å². The van der Waals surface area contributed by atoms with Crippen LogP contribution >= 0.6 is 23.2 Å². The molecule has 2 atom stereocenters. The van der Waals surface area contributed by atoms with Crippen molar-refractivity contribution in [1.29, 1.82) is 0 Å². The van der Waals surface area contributed by atoms with Gasteiger partial charge in [0.15, 0.2) is 16.8 Å². The number of fused-ring (bicyclic) bond motifs is 1. The van der Waals surface area contributed by atoms with Gasteiger partial charge in [0.1, 0.15) is 17.5 Å². The van der Waals surface area contributed by atoms with E-state index in [9.17, 15) is 4.21 Å². The van der Waals surface area contributed by atoms with Crippen molar-refractivity contribution >= 4 is 50.9 Å². The molecule has 0 amide bonds. The van der Waals surface area contributed by atoms with Gasteiger partial charge in [-0.3, -0.25) is 5.10 Å². The number of aromatic amines is 1. The number of halogens is 3.